The monoisotopic (exact) mass is 633 g/mol. The van der Waals surface area contributed by atoms with Gasteiger partial charge in [-0.15, -0.1) is 0 Å². The minimum Gasteiger partial charge on any atom is -0.389 e. The molecule has 0 saturated carbocycles. The van der Waals surface area contributed by atoms with Crippen LogP contribution in [0.5, 0.6) is 0 Å². The Balaban J connectivity index is 1.32. The molecule has 6 atom stereocenters. The molecule has 5 rings (SSSR count). The van der Waals surface area contributed by atoms with Gasteiger partial charge in [0.1, 0.15) is 11.6 Å². The third kappa shape index (κ3) is 8.99. The molecule has 3 N–H and O–H groups in total. The second-order valence-electron chi connectivity index (χ2n) is 12.7. The van der Waals surface area contributed by atoms with E-state index in [1.54, 1.807) is 4.90 Å². The topological polar surface area (TPSA) is 90.9 Å². The van der Waals surface area contributed by atoms with Crippen LogP contribution in [0.1, 0.15) is 49.3 Å². The fourth-order valence-electron chi connectivity index (χ4n) is 6.70. The highest BCUT2D eigenvalue weighted by Crippen LogP contribution is 2.30. The fourth-order valence-corrected chi connectivity index (χ4v) is 6.70. The van der Waals surface area contributed by atoms with Gasteiger partial charge in [-0.25, -0.2) is 8.78 Å². The largest absolute Gasteiger partial charge is 0.389 e. The number of nitrogens with zero attached hydrogens (tertiary/aromatic N) is 1. The predicted octanol–water partition coefficient (Wildman–Crippen LogP) is 4.81. The molecule has 2 heterocycles. The highest BCUT2D eigenvalue weighted by atomic mass is 19.1. The average Bonchev–Trinajstić information content (AvgIpc) is 3.65. The van der Waals surface area contributed by atoms with E-state index in [-0.39, 0.29) is 24.3 Å². The first-order valence-corrected chi connectivity index (χ1v) is 16.5. The normalized spacial score (nSPS) is 22.6. The molecule has 0 unspecified atom stereocenters. The molecule has 246 valence electrons. The van der Waals surface area contributed by atoms with Crippen molar-refractivity contribution in [1.29, 1.82) is 0 Å². The number of amides is 2. The number of carbonyl (C=O) groups excluding carboxylic acids is 2. The zero-order valence-corrected chi connectivity index (χ0v) is 26.4. The van der Waals surface area contributed by atoms with Crippen molar-refractivity contribution in [2.45, 2.75) is 76.3 Å². The summed E-state index contributed by atoms with van der Waals surface area (Å²) in [6.07, 6.45) is 2.59. The first kappa shape index (κ1) is 33.7. The van der Waals surface area contributed by atoms with Crippen molar-refractivity contribution in [3.8, 4) is 0 Å². The van der Waals surface area contributed by atoms with Gasteiger partial charge < -0.3 is 25.4 Å². The fraction of sp³-hybridized carbons (Fsp3) is 0.459. The van der Waals surface area contributed by atoms with Gasteiger partial charge in [-0.2, -0.15) is 0 Å². The van der Waals surface area contributed by atoms with Crippen LogP contribution < -0.4 is 10.6 Å². The van der Waals surface area contributed by atoms with Gasteiger partial charge >= 0.3 is 0 Å². The Morgan fingerprint density at radius 1 is 1.00 bits per heavy atom. The summed E-state index contributed by atoms with van der Waals surface area (Å²) >= 11 is 0. The van der Waals surface area contributed by atoms with Gasteiger partial charge in [0.15, 0.2) is 0 Å². The van der Waals surface area contributed by atoms with E-state index < -0.39 is 41.7 Å². The van der Waals surface area contributed by atoms with Crippen molar-refractivity contribution in [1.82, 2.24) is 15.5 Å². The van der Waals surface area contributed by atoms with E-state index in [1.165, 1.54) is 12.1 Å². The number of carbonyl (C=O) groups is 2. The SMILES string of the molecule is CCCCCN1C[C@@H](C(=O)N[C@@H](Cc2cc(F)cc(F)c2)[C@H](O)[C@H]2C[C@@H](OCc3ccccc3)CN2)[C@H](Cc2ccccc2)C1=O. The van der Waals surface area contributed by atoms with Crippen LogP contribution in [0.25, 0.3) is 0 Å². The molecule has 9 heteroatoms. The highest BCUT2D eigenvalue weighted by molar-refractivity contribution is 5.91. The van der Waals surface area contributed by atoms with Gasteiger partial charge in [0, 0.05) is 31.7 Å². The minimum atomic E-state index is -1.08. The van der Waals surface area contributed by atoms with Gasteiger partial charge in [0.05, 0.1) is 36.7 Å². The number of halogens is 2. The molecule has 3 aromatic carbocycles. The Morgan fingerprint density at radius 3 is 2.35 bits per heavy atom. The van der Waals surface area contributed by atoms with Gasteiger partial charge in [-0.05, 0) is 54.5 Å². The zero-order chi connectivity index (χ0) is 32.5. The first-order valence-electron chi connectivity index (χ1n) is 16.5. The zero-order valence-electron chi connectivity index (χ0n) is 26.4. The lowest BCUT2D eigenvalue weighted by Crippen LogP contribution is -2.54. The Morgan fingerprint density at radius 2 is 1.67 bits per heavy atom. The Labute approximate surface area is 270 Å². The minimum absolute atomic E-state index is 0.0134. The highest BCUT2D eigenvalue weighted by Gasteiger charge is 2.45. The molecular formula is C37H45F2N3O4. The summed E-state index contributed by atoms with van der Waals surface area (Å²) in [5, 5.41) is 18.0. The van der Waals surface area contributed by atoms with Crippen molar-refractivity contribution < 1.29 is 28.2 Å². The number of ether oxygens (including phenoxy) is 1. The number of nitrogens with one attached hydrogen (secondary N) is 2. The lowest BCUT2D eigenvalue weighted by molar-refractivity contribution is -0.133. The summed E-state index contributed by atoms with van der Waals surface area (Å²) in [4.78, 5) is 29.4. The predicted molar refractivity (Wildman–Crippen MR) is 173 cm³/mol. The third-order valence-electron chi connectivity index (χ3n) is 9.18. The molecule has 2 aliphatic heterocycles. The molecular weight excluding hydrogens is 588 g/mol. The summed E-state index contributed by atoms with van der Waals surface area (Å²) in [5.41, 5.74) is 2.34. The van der Waals surface area contributed by atoms with Crippen molar-refractivity contribution >= 4 is 11.8 Å². The second-order valence-corrected chi connectivity index (χ2v) is 12.7. The van der Waals surface area contributed by atoms with E-state index in [0.717, 1.165) is 36.5 Å². The molecule has 2 saturated heterocycles. The summed E-state index contributed by atoms with van der Waals surface area (Å²) in [6, 6.07) is 21.4. The van der Waals surface area contributed by atoms with E-state index in [2.05, 4.69) is 17.6 Å². The van der Waals surface area contributed by atoms with Crippen molar-refractivity contribution in [3.63, 3.8) is 0 Å². The Bertz CT molecular complexity index is 1410. The van der Waals surface area contributed by atoms with E-state index in [9.17, 15) is 23.5 Å². The lowest BCUT2D eigenvalue weighted by atomic mass is 9.87. The molecule has 46 heavy (non-hydrogen) atoms. The lowest BCUT2D eigenvalue weighted by Gasteiger charge is -2.30. The number of likely N-dealkylation sites (tertiary alicyclic amines) is 1. The molecule has 2 amide bonds. The smallest absolute Gasteiger partial charge is 0.226 e. The third-order valence-corrected chi connectivity index (χ3v) is 9.18. The van der Waals surface area contributed by atoms with E-state index in [0.29, 0.717) is 44.6 Å². The number of unbranched alkanes of at least 4 members (excludes halogenated alkanes) is 2. The number of aliphatic hydroxyl groups is 1. The summed E-state index contributed by atoms with van der Waals surface area (Å²) in [6.45, 7) is 3.94. The molecule has 0 spiro atoms. The van der Waals surface area contributed by atoms with Crippen molar-refractivity contribution in [3.05, 3.63) is 107 Å². The molecule has 0 aliphatic carbocycles. The summed E-state index contributed by atoms with van der Waals surface area (Å²) < 4.78 is 34.4. The Hall–Kier alpha value is -3.66. The molecule has 0 bridgehead atoms. The molecule has 0 radical (unpaired) electrons. The van der Waals surface area contributed by atoms with Crippen molar-refractivity contribution in [2.24, 2.45) is 11.8 Å². The van der Waals surface area contributed by atoms with Gasteiger partial charge in [-0.3, -0.25) is 9.59 Å². The van der Waals surface area contributed by atoms with Crippen LogP contribution in [0.4, 0.5) is 8.78 Å². The quantitative estimate of drug-likeness (QED) is 0.209. The van der Waals surface area contributed by atoms with Crippen LogP contribution in [-0.2, 0) is 33.8 Å². The number of benzene rings is 3. The van der Waals surface area contributed by atoms with E-state index >= 15 is 0 Å². The van der Waals surface area contributed by atoms with Gasteiger partial charge in [-0.1, -0.05) is 80.4 Å². The molecule has 3 aromatic rings. The van der Waals surface area contributed by atoms with Gasteiger partial charge in [0.25, 0.3) is 0 Å². The number of aliphatic hydroxyl groups excluding tert-OH is 1. The van der Waals surface area contributed by atoms with Crippen LogP contribution in [-0.4, -0.2) is 65.7 Å². The average molecular weight is 634 g/mol. The number of hydrogen-bond acceptors (Lipinski definition) is 5. The molecule has 7 nitrogen and oxygen atoms in total. The number of hydrogen-bond donors (Lipinski definition) is 3. The number of rotatable bonds is 15. The Kier molecular flexibility index (Phi) is 11.9. The second kappa shape index (κ2) is 16.3. The van der Waals surface area contributed by atoms with Crippen LogP contribution in [0.2, 0.25) is 0 Å². The maximum absolute atomic E-state index is 14.2. The molecule has 2 fully saturated rings. The molecule has 2 aliphatic rings. The van der Waals surface area contributed by atoms with Crippen LogP contribution in [0, 0.1) is 23.5 Å². The summed E-state index contributed by atoms with van der Waals surface area (Å²) in [7, 11) is 0. The van der Waals surface area contributed by atoms with E-state index in [1.807, 2.05) is 60.7 Å². The van der Waals surface area contributed by atoms with Crippen LogP contribution in [0.15, 0.2) is 78.9 Å². The van der Waals surface area contributed by atoms with Crippen LogP contribution in [0.3, 0.4) is 0 Å². The first-order chi connectivity index (χ1) is 22.3. The summed E-state index contributed by atoms with van der Waals surface area (Å²) in [5.74, 6) is -3.02. The molecule has 0 aromatic heterocycles. The van der Waals surface area contributed by atoms with E-state index in [4.69, 9.17) is 4.74 Å². The van der Waals surface area contributed by atoms with Crippen molar-refractivity contribution in [2.75, 3.05) is 19.6 Å². The van der Waals surface area contributed by atoms with Crippen LogP contribution >= 0.6 is 0 Å². The van der Waals surface area contributed by atoms with Gasteiger partial charge in [0.2, 0.25) is 11.8 Å². The maximum Gasteiger partial charge on any atom is 0.226 e. The standard InChI is InChI=1S/C37H45F2N3O4/c1-2-3-10-15-42-23-32(31(37(42)45)18-25-11-6-4-7-12-25)36(44)41-34(19-27-16-28(38)20-29(39)17-27)35(43)33-21-30(22-40-33)46-24-26-13-8-5-9-14-26/h4-9,11-14,16-17,20,30-35,40,43H,2-3,10,15,18-19,21-24H2,1H3,(H,41,44)/t30-,31+,32-,33-,34+,35-/m1/s1. The maximum atomic E-state index is 14.2.